The topological polar surface area (TPSA) is 86.0 Å². The van der Waals surface area contributed by atoms with Gasteiger partial charge in [0, 0.05) is 12.7 Å². The molecule has 7 nitrogen and oxygen atoms in total. The van der Waals surface area contributed by atoms with Gasteiger partial charge in [0.1, 0.15) is 0 Å². The predicted octanol–water partition coefficient (Wildman–Crippen LogP) is 0.969. The molecule has 0 amide bonds. The lowest BCUT2D eigenvalue weighted by Crippen LogP contribution is -2.32. The Morgan fingerprint density at radius 3 is 2.62 bits per heavy atom. The van der Waals surface area contributed by atoms with Crippen molar-refractivity contribution >= 4 is 21.1 Å². The van der Waals surface area contributed by atoms with Gasteiger partial charge in [0.05, 0.1) is 28.2 Å². The number of pyridine rings is 1. The maximum atomic E-state index is 13.0. The second-order valence-corrected chi connectivity index (χ2v) is 7.53. The Labute approximate surface area is 138 Å². The minimum Gasteiger partial charge on any atom is -0.315 e. The average Bonchev–Trinajstić information content (AvgIpc) is 3.20. The van der Waals surface area contributed by atoms with Gasteiger partial charge in [-0.25, -0.2) is 13.2 Å². The lowest BCUT2D eigenvalue weighted by Gasteiger charge is -2.10. The number of rotatable bonds is 3. The molecule has 0 aliphatic carbocycles. The number of nitrogens with zero attached hydrogens (tertiary/aromatic N) is 3. The number of fused-ring (bicyclic) bond motifs is 1. The minimum absolute atomic E-state index is 0.0728. The largest absolute Gasteiger partial charge is 0.343 e. The maximum absolute atomic E-state index is 13.0. The van der Waals surface area contributed by atoms with Gasteiger partial charge in [-0.3, -0.25) is 9.55 Å². The summed E-state index contributed by atoms with van der Waals surface area (Å²) in [5, 5.41) is 3.20. The molecule has 1 aliphatic rings. The van der Waals surface area contributed by atoms with Crippen molar-refractivity contribution in [1.29, 1.82) is 0 Å². The molecule has 1 saturated heterocycles. The molecule has 0 saturated carbocycles. The van der Waals surface area contributed by atoms with Gasteiger partial charge >= 0.3 is 5.69 Å². The van der Waals surface area contributed by atoms with Crippen LogP contribution in [0, 0.1) is 0 Å². The van der Waals surface area contributed by atoms with Crippen LogP contribution in [-0.4, -0.2) is 35.0 Å². The van der Waals surface area contributed by atoms with E-state index in [4.69, 9.17) is 0 Å². The SMILES string of the molecule is O=c1n(C2CCNC2)c2cnccc2n1S(=O)(=O)c1ccccc1. The zero-order chi connectivity index (χ0) is 16.7. The summed E-state index contributed by atoms with van der Waals surface area (Å²) in [6.45, 7) is 1.44. The van der Waals surface area contributed by atoms with Crippen LogP contribution in [0.4, 0.5) is 0 Å². The Bertz CT molecular complexity index is 1050. The Balaban J connectivity index is 2.03. The van der Waals surface area contributed by atoms with Gasteiger partial charge in [-0.1, -0.05) is 18.2 Å². The first kappa shape index (κ1) is 15.1. The molecule has 124 valence electrons. The first-order valence-corrected chi connectivity index (χ1v) is 9.13. The molecule has 1 atom stereocenters. The van der Waals surface area contributed by atoms with Crippen molar-refractivity contribution in [2.75, 3.05) is 13.1 Å². The van der Waals surface area contributed by atoms with E-state index in [-0.39, 0.29) is 10.9 Å². The van der Waals surface area contributed by atoms with Crippen LogP contribution < -0.4 is 11.0 Å². The van der Waals surface area contributed by atoms with E-state index in [1.54, 1.807) is 35.0 Å². The van der Waals surface area contributed by atoms with Gasteiger partial charge in [0.2, 0.25) is 0 Å². The highest BCUT2D eigenvalue weighted by Crippen LogP contribution is 2.23. The fourth-order valence-electron chi connectivity index (χ4n) is 3.18. The Morgan fingerprint density at radius 1 is 1.12 bits per heavy atom. The summed E-state index contributed by atoms with van der Waals surface area (Å²) >= 11 is 0. The third-order valence-corrected chi connectivity index (χ3v) is 6.02. The van der Waals surface area contributed by atoms with Crippen LogP contribution >= 0.6 is 0 Å². The highest BCUT2D eigenvalue weighted by Gasteiger charge is 2.29. The maximum Gasteiger partial charge on any atom is 0.343 e. The van der Waals surface area contributed by atoms with E-state index < -0.39 is 15.7 Å². The van der Waals surface area contributed by atoms with Crippen LogP contribution in [0.2, 0.25) is 0 Å². The van der Waals surface area contributed by atoms with E-state index in [0.29, 0.717) is 17.6 Å². The normalized spacial score (nSPS) is 18.2. The Morgan fingerprint density at radius 2 is 1.92 bits per heavy atom. The summed E-state index contributed by atoms with van der Waals surface area (Å²) in [6, 6.07) is 9.48. The molecule has 0 radical (unpaired) electrons. The molecule has 3 heterocycles. The summed E-state index contributed by atoms with van der Waals surface area (Å²) in [4.78, 5) is 17.1. The smallest absolute Gasteiger partial charge is 0.315 e. The van der Waals surface area contributed by atoms with Crippen LogP contribution in [0.25, 0.3) is 11.0 Å². The first-order valence-electron chi connectivity index (χ1n) is 7.69. The fourth-order valence-corrected chi connectivity index (χ4v) is 4.60. The lowest BCUT2D eigenvalue weighted by atomic mass is 10.2. The van der Waals surface area contributed by atoms with Gasteiger partial charge < -0.3 is 5.32 Å². The molecule has 0 bridgehead atoms. The quantitative estimate of drug-likeness (QED) is 0.765. The fraction of sp³-hybridized carbons (Fsp3) is 0.250. The van der Waals surface area contributed by atoms with Crippen molar-refractivity contribution in [2.24, 2.45) is 0 Å². The zero-order valence-electron chi connectivity index (χ0n) is 12.8. The van der Waals surface area contributed by atoms with Gasteiger partial charge in [-0.05, 0) is 31.2 Å². The van der Waals surface area contributed by atoms with Crippen LogP contribution in [0.1, 0.15) is 12.5 Å². The third kappa shape index (κ3) is 2.18. The van der Waals surface area contributed by atoms with Gasteiger partial charge in [-0.2, -0.15) is 3.97 Å². The molecule has 2 aromatic heterocycles. The van der Waals surface area contributed by atoms with Crippen molar-refractivity contribution < 1.29 is 8.42 Å². The average molecular weight is 344 g/mol. The molecular weight excluding hydrogens is 328 g/mol. The number of hydrogen-bond donors (Lipinski definition) is 1. The lowest BCUT2D eigenvalue weighted by molar-refractivity contribution is 0.537. The van der Waals surface area contributed by atoms with Crippen LogP contribution in [0.15, 0.2) is 58.5 Å². The molecule has 4 rings (SSSR count). The number of aromatic nitrogens is 3. The number of benzene rings is 1. The molecular formula is C16H16N4O3S. The highest BCUT2D eigenvalue weighted by atomic mass is 32.2. The van der Waals surface area contributed by atoms with E-state index >= 15 is 0 Å². The monoisotopic (exact) mass is 344 g/mol. The summed E-state index contributed by atoms with van der Waals surface area (Å²) in [7, 11) is -3.97. The summed E-state index contributed by atoms with van der Waals surface area (Å²) in [5.41, 5.74) is 0.344. The van der Waals surface area contributed by atoms with E-state index in [2.05, 4.69) is 10.3 Å². The molecule has 8 heteroatoms. The predicted molar refractivity (Wildman–Crippen MR) is 89.5 cm³/mol. The van der Waals surface area contributed by atoms with Crippen LogP contribution in [0.5, 0.6) is 0 Å². The number of hydrogen-bond acceptors (Lipinski definition) is 5. The van der Waals surface area contributed by atoms with Gasteiger partial charge in [0.15, 0.2) is 0 Å². The second kappa shape index (κ2) is 5.57. The summed E-state index contributed by atoms with van der Waals surface area (Å²) in [5.74, 6) is 0. The van der Waals surface area contributed by atoms with Crippen molar-refractivity contribution in [3.05, 3.63) is 59.3 Å². The second-order valence-electron chi connectivity index (χ2n) is 5.75. The van der Waals surface area contributed by atoms with E-state index in [1.807, 2.05) is 0 Å². The Hall–Kier alpha value is -2.45. The molecule has 1 unspecified atom stereocenters. The van der Waals surface area contributed by atoms with Crippen molar-refractivity contribution in [1.82, 2.24) is 18.8 Å². The standard InChI is InChI=1S/C16H16N4O3S/c21-16-19(12-6-8-17-10-12)15-11-18-9-7-14(15)20(16)24(22,23)13-4-2-1-3-5-13/h1-5,7,9,11-12,17H,6,8,10H2. The molecule has 1 fully saturated rings. The third-order valence-electron chi connectivity index (χ3n) is 4.32. The van der Waals surface area contributed by atoms with E-state index in [1.165, 1.54) is 18.3 Å². The summed E-state index contributed by atoms with van der Waals surface area (Å²) < 4.78 is 28.5. The molecule has 24 heavy (non-hydrogen) atoms. The Kier molecular flexibility index (Phi) is 3.50. The van der Waals surface area contributed by atoms with Crippen LogP contribution in [0.3, 0.4) is 0 Å². The van der Waals surface area contributed by atoms with Crippen molar-refractivity contribution in [3.63, 3.8) is 0 Å². The van der Waals surface area contributed by atoms with Crippen molar-refractivity contribution in [3.8, 4) is 0 Å². The highest BCUT2D eigenvalue weighted by molar-refractivity contribution is 7.90. The van der Waals surface area contributed by atoms with Gasteiger partial charge in [-0.15, -0.1) is 0 Å². The zero-order valence-corrected chi connectivity index (χ0v) is 13.6. The molecule has 1 aliphatic heterocycles. The number of nitrogens with one attached hydrogen (secondary N) is 1. The molecule has 0 spiro atoms. The van der Waals surface area contributed by atoms with E-state index in [0.717, 1.165) is 16.9 Å². The van der Waals surface area contributed by atoms with Crippen molar-refractivity contribution in [2.45, 2.75) is 17.4 Å². The molecule has 1 N–H and O–H groups in total. The molecule has 3 aromatic rings. The minimum atomic E-state index is -3.97. The summed E-state index contributed by atoms with van der Waals surface area (Å²) in [6.07, 6.45) is 3.82. The van der Waals surface area contributed by atoms with E-state index in [9.17, 15) is 13.2 Å². The van der Waals surface area contributed by atoms with Crippen LogP contribution in [-0.2, 0) is 10.0 Å². The first-order chi connectivity index (χ1) is 11.6. The van der Waals surface area contributed by atoms with Gasteiger partial charge in [0.25, 0.3) is 10.0 Å². The number of imidazole rings is 1. The molecule has 1 aromatic carbocycles.